The van der Waals surface area contributed by atoms with Crippen molar-refractivity contribution in [2.24, 2.45) is 0 Å². The molecule has 152 valence electrons. The van der Waals surface area contributed by atoms with Crippen LogP contribution in [-0.4, -0.2) is 15.3 Å². The van der Waals surface area contributed by atoms with Gasteiger partial charge in [0.15, 0.2) is 5.82 Å². The minimum atomic E-state index is -4.48. The van der Waals surface area contributed by atoms with Crippen molar-refractivity contribution in [3.63, 3.8) is 0 Å². The summed E-state index contributed by atoms with van der Waals surface area (Å²) in [4.78, 5) is 16.8. The first-order chi connectivity index (χ1) is 14.3. The number of carbonyl (C=O) groups is 1. The van der Waals surface area contributed by atoms with Crippen LogP contribution in [0.15, 0.2) is 72.9 Å². The molecule has 0 spiro atoms. The Morgan fingerprint density at radius 3 is 2.33 bits per heavy atom. The summed E-state index contributed by atoms with van der Waals surface area (Å²) in [5.74, 6) is -0.755. The number of anilines is 1. The predicted octanol–water partition coefficient (Wildman–Crippen LogP) is 5.34. The van der Waals surface area contributed by atoms with Crippen LogP contribution in [-0.2, 0) is 17.4 Å². The molecule has 2 heterocycles. The number of imidazole rings is 1. The average molecular weight is 413 g/mol. The van der Waals surface area contributed by atoms with Gasteiger partial charge < -0.3 is 5.32 Å². The topological polar surface area (TPSA) is 46.4 Å². The Morgan fingerprint density at radius 2 is 1.67 bits per heavy atom. The fraction of sp³-hybridized carbons (Fsp3) is 0.0909. The standard InChI is InChI=1S/C22H15F4N3O/c23-17-10-11-18-27-21(28-19(30)12-14-4-2-1-3-5-14)20(29(18)13-17)15-6-8-16(9-7-15)22(24,25)26/h1-11,13H,12H2,(H,28,30). The Hall–Kier alpha value is -3.68. The SMILES string of the molecule is O=C(Cc1ccccc1)Nc1nc2ccc(F)cn2c1-c1ccc(C(F)(F)F)cc1. The number of nitrogens with zero attached hydrogens (tertiary/aromatic N) is 2. The summed E-state index contributed by atoms with van der Waals surface area (Å²) in [6.07, 6.45) is -3.21. The van der Waals surface area contributed by atoms with Gasteiger partial charge in [0.05, 0.1) is 17.7 Å². The van der Waals surface area contributed by atoms with Crippen molar-refractivity contribution in [2.75, 3.05) is 5.32 Å². The molecule has 30 heavy (non-hydrogen) atoms. The Bertz CT molecular complexity index is 1200. The summed E-state index contributed by atoms with van der Waals surface area (Å²) in [5, 5.41) is 2.70. The molecule has 0 aliphatic rings. The van der Waals surface area contributed by atoms with Crippen LogP contribution in [0.25, 0.3) is 16.9 Å². The number of carbonyl (C=O) groups excluding carboxylic acids is 1. The van der Waals surface area contributed by atoms with Crippen LogP contribution in [0.4, 0.5) is 23.4 Å². The van der Waals surface area contributed by atoms with Crippen molar-refractivity contribution in [3.8, 4) is 11.3 Å². The van der Waals surface area contributed by atoms with E-state index in [1.807, 2.05) is 18.2 Å². The number of benzene rings is 2. The van der Waals surface area contributed by atoms with Gasteiger partial charge in [-0.05, 0) is 29.8 Å². The maximum absolute atomic E-state index is 13.8. The van der Waals surface area contributed by atoms with Crippen molar-refractivity contribution in [3.05, 3.63) is 89.9 Å². The van der Waals surface area contributed by atoms with Crippen molar-refractivity contribution in [1.82, 2.24) is 9.38 Å². The largest absolute Gasteiger partial charge is 0.416 e. The predicted molar refractivity (Wildman–Crippen MR) is 104 cm³/mol. The molecule has 0 aliphatic carbocycles. The minimum absolute atomic E-state index is 0.0928. The lowest BCUT2D eigenvalue weighted by molar-refractivity contribution is -0.137. The van der Waals surface area contributed by atoms with Crippen molar-refractivity contribution < 1.29 is 22.4 Å². The maximum atomic E-state index is 13.8. The van der Waals surface area contributed by atoms with E-state index in [1.165, 1.54) is 34.9 Å². The highest BCUT2D eigenvalue weighted by atomic mass is 19.4. The van der Waals surface area contributed by atoms with Gasteiger partial charge in [-0.3, -0.25) is 9.20 Å². The third-order valence-corrected chi connectivity index (χ3v) is 4.53. The van der Waals surface area contributed by atoms with Gasteiger partial charge in [-0.25, -0.2) is 9.37 Å². The Morgan fingerprint density at radius 1 is 0.967 bits per heavy atom. The van der Waals surface area contributed by atoms with Crippen molar-refractivity contribution >= 4 is 17.4 Å². The zero-order valence-corrected chi connectivity index (χ0v) is 15.4. The van der Waals surface area contributed by atoms with E-state index in [9.17, 15) is 22.4 Å². The fourth-order valence-corrected chi connectivity index (χ4v) is 3.16. The molecule has 0 unspecified atom stereocenters. The second-order valence-electron chi connectivity index (χ2n) is 6.67. The van der Waals surface area contributed by atoms with E-state index < -0.39 is 17.6 Å². The summed E-state index contributed by atoms with van der Waals surface area (Å²) >= 11 is 0. The van der Waals surface area contributed by atoms with Gasteiger partial charge in [0, 0.05) is 11.8 Å². The molecule has 2 aromatic heterocycles. The molecule has 0 fully saturated rings. The number of hydrogen-bond donors (Lipinski definition) is 1. The molecule has 4 nitrogen and oxygen atoms in total. The first-order valence-electron chi connectivity index (χ1n) is 9.00. The van der Waals surface area contributed by atoms with E-state index in [2.05, 4.69) is 10.3 Å². The molecule has 0 saturated heterocycles. The first kappa shape index (κ1) is 19.6. The molecule has 4 rings (SSSR count). The summed E-state index contributed by atoms with van der Waals surface area (Å²) < 4.78 is 53.9. The first-order valence-corrected chi connectivity index (χ1v) is 9.00. The summed E-state index contributed by atoms with van der Waals surface area (Å²) in [7, 11) is 0. The van der Waals surface area contributed by atoms with Crippen molar-refractivity contribution in [1.29, 1.82) is 0 Å². The zero-order chi connectivity index (χ0) is 21.3. The van der Waals surface area contributed by atoms with Gasteiger partial charge in [0.1, 0.15) is 11.5 Å². The Labute approximate surface area is 168 Å². The highest BCUT2D eigenvalue weighted by Crippen LogP contribution is 2.34. The number of fused-ring (bicyclic) bond motifs is 1. The van der Waals surface area contributed by atoms with Gasteiger partial charge in [0.2, 0.25) is 5.91 Å². The molecular weight excluding hydrogens is 398 g/mol. The quantitative estimate of drug-likeness (QED) is 0.459. The van der Waals surface area contributed by atoms with Gasteiger partial charge in [-0.15, -0.1) is 0 Å². The highest BCUT2D eigenvalue weighted by Gasteiger charge is 2.30. The van der Waals surface area contributed by atoms with Crippen LogP contribution in [0.3, 0.4) is 0 Å². The number of nitrogens with one attached hydrogen (secondary N) is 1. The highest BCUT2D eigenvalue weighted by molar-refractivity contribution is 5.95. The maximum Gasteiger partial charge on any atom is 0.416 e. The molecule has 8 heteroatoms. The van der Waals surface area contributed by atoms with Gasteiger partial charge in [0.25, 0.3) is 0 Å². The summed E-state index contributed by atoms with van der Waals surface area (Å²) in [5.41, 5.74) is 0.985. The van der Waals surface area contributed by atoms with Crippen LogP contribution < -0.4 is 5.32 Å². The van der Waals surface area contributed by atoms with Gasteiger partial charge in [-0.2, -0.15) is 13.2 Å². The van der Waals surface area contributed by atoms with Crippen LogP contribution in [0.2, 0.25) is 0 Å². The van der Waals surface area contributed by atoms with E-state index in [0.29, 0.717) is 16.9 Å². The lowest BCUT2D eigenvalue weighted by Crippen LogP contribution is -2.15. The number of halogens is 4. The molecule has 0 bridgehead atoms. The smallest absolute Gasteiger partial charge is 0.309 e. The monoisotopic (exact) mass is 413 g/mol. The van der Waals surface area contributed by atoms with Gasteiger partial charge in [-0.1, -0.05) is 42.5 Å². The number of pyridine rings is 1. The summed E-state index contributed by atoms with van der Waals surface area (Å²) in [6, 6.07) is 16.1. The molecule has 1 N–H and O–H groups in total. The molecule has 1 amide bonds. The number of alkyl halides is 3. The van der Waals surface area contributed by atoms with Crippen molar-refractivity contribution in [2.45, 2.75) is 12.6 Å². The Kier molecular flexibility index (Phi) is 4.99. The van der Waals surface area contributed by atoms with E-state index in [1.54, 1.807) is 12.1 Å². The van der Waals surface area contributed by atoms with E-state index >= 15 is 0 Å². The molecule has 2 aromatic carbocycles. The van der Waals surface area contributed by atoms with E-state index in [-0.39, 0.29) is 18.1 Å². The molecule has 0 radical (unpaired) electrons. The normalized spacial score (nSPS) is 11.6. The van der Waals surface area contributed by atoms with Gasteiger partial charge >= 0.3 is 6.18 Å². The summed E-state index contributed by atoms with van der Waals surface area (Å²) in [6.45, 7) is 0. The molecular formula is C22H15F4N3O. The zero-order valence-electron chi connectivity index (χ0n) is 15.4. The molecule has 4 aromatic rings. The van der Waals surface area contributed by atoms with E-state index in [0.717, 1.165) is 17.7 Å². The van der Waals surface area contributed by atoms with Crippen LogP contribution >= 0.6 is 0 Å². The lowest BCUT2D eigenvalue weighted by atomic mass is 10.1. The van der Waals surface area contributed by atoms with Crippen LogP contribution in [0.5, 0.6) is 0 Å². The second kappa shape index (κ2) is 7.62. The number of amides is 1. The number of aromatic nitrogens is 2. The molecule has 0 atom stereocenters. The van der Waals surface area contributed by atoms with Crippen LogP contribution in [0.1, 0.15) is 11.1 Å². The third kappa shape index (κ3) is 4.03. The second-order valence-corrected chi connectivity index (χ2v) is 6.67. The fourth-order valence-electron chi connectivity index (χ4n) is 3.16. The van der Waals surface area contributed by atoms with Crippen LogP contribution in [0, 0.1) is 5.82 Å². The minimum Gasteiger partial charge on any atom is -0.309 e. The molecule has 0 aliphatic heterocycles. The lowest BCUT2D eigenvalue weighted by Gasteiger charge is -2.10. The Balaban J connectivity index is 1.73. The molecule has 0 saturated carbocycles. The third-order valence-electron chi connectivity index (χ3n) is 4.53. The number of hydrogen-bond acceptors (Lipinski definition) is 2. The van der Waals surface area contributed by atoms with E-state index in [4.69, 9.17) is 0 Å². The average Bonchev–Trinajstić information content (AvgIpc) is 3.05. The number of rotatable bonds is 4.